The molecule has 0 saturated carbocycles. The molecule has 0 aliphatic carbocycles. The van der Waals surface area contributed by atoms with Crippen molar-refractivity contribution in [2.24, 2.45) is 5.92 Å². The molecule has 7 nitrogen and oxygen atoms in total. The highest BCUT2D eigenvalue weighted by Gasteiger charge is 2.28. The molecule has 1 saturated heterocycles. The van der Waals surface area contributed by atoms with Crippen LogP contribution in [0.4, 0.5) is 5.69 Å². The standard InChI is InChI=1S/C18H23N3O4/c1-11(2)17(23)20-6-8-21(9-7-20)18(24)13-4-5-15-14(10-13)19-16(22)12(3)25-15/h4-5,10-12H,6-9H2,1-3H3,(H,19,22). The Labute approximate surface area is 146 Å². The SMILES string of the molecule is CC(C)C(=O)N1CCN(C(=O)c2ccc3c(c2)NC(=O)C(C)O3)CC1. The summed E-state index contributed by atoms with van der Waals surface area (Å²) in [5, 5.41) is 2.75. The van der Waals surface area contributed by atoms with Crippen LogP contribution in [0.15, 0.2) is 18.2 Å². The van der Waals surface area contributed by atoms with E-state index in [9.17, 15) is 14.4 Å². The quantitative estimate of drug-likeness (QED) is 0.877. The third-order valence-electron chi connectivity index (χ3n) is 4.53. The maximum atomic E-state index is 12.7. The number of piperazine rings is 1. The van der Waals surface area contributed by atoms with Crippen molar-refractivity contribution in [1.29, 1.82) is 0 Å². The summed E-state index contributed by atoms with van der Waals surface area (Å²) < 4.78 is 5.51. The largest absolute Gasteiger partial charge is 0.479 e. The van der Waals surface area contributed by atoms with Gasteiger partial charge in [-0.05, 0) is 25.1 Å². The van der Waals surface area contributed by atoms with Gasteiger partial charge in [-0.15, -0.1) is 0 Å². The van der Waals surface area contributed by atoms with Gasteiger partial charge >= 0.3 is 0 Å². The van der Waals surface area contributed by atoms with Crippen LogP contribution in [-0.4, -0.2) is 59.8 Å². The molecule has 0 aromatic heterocycles. The molecule has 0 bridgehead atoms. The molecule has 2 aliphatic rings. The van der Waals surface area contributed by atoms with Crippen LogP contribution in [0.2, 0.25) is 0 Å². The summed E-state index contributed by atoms with van der Waals surface area (Å²) in [6, 6.07) is 5.06. The van der Waals surface area contributed by atoms with Gasteiger partial charge in [0, 0.05) is 37.7 Å². The van der Waals surface area contributed by atoms with E-state index in [0.29, 0.717) is 43.2 Å². The number of fused-ring (bicyclic) bond motifs is 1. The lowest BCUT2D eigenvalue weighted by Crippen LogP contribution is -2.51. The van der Waals surface area contributed by atoms with Gasteiger partial charge < -0.3 is 19.9 Å². The molecule has 1 N–H and O–H groups in total. The highest BCUT2D eigenvalue weighted by molar-refractivity contribution is 6.01. The Kier molecular flexibility index (Phi) is 4.65. The summed E-state index contributed by atoms with van der Waals surface area (Å²) >= 11 is 0. The van der Waals surface area contributed by atoms with Crippen LogP contribution in [0.5, 0.6) is 5.75 Å². The van der Waals surface area contributed by atoms with Gasteiger partial charge in [0.2, 0.25) is 5.91 Å². The van der Waals surface area contributed by atoms with Gasteiger partial charge in [0.1, 0.15) is 5.75 Å². The van der Waals surface area contributed by atoms with Crippen molar-refractivity contribution in [3.63, 3.8) is 0 Å². The van der Waals surface area contributed by atoms with Crippen molar-refractivity contribution < 1.29 is 19.1 Å². The van der Waals surface area contributed by atoms with E-state index in [0.717, 1.165) is 0 Å². The Morgan fingerprint density at radius 1 is 1.16 bits per heavy atom. The first-order chi connectivity index (χ1) is 11.9. The van der Waals surface area contributed by atoms with Crippen LogP contribution in [0.25, 0.3) is 0 Å². The minimum atomic E-state index is -0.541. The first kappa shape index (κ1) is 17.3. The number of rotatable bonds is 2. The average Bonchev–Trinajstić information content (AvgIpc) is 2.61. The van der Waals surface area contributed by atoms with Crippen molar-refractivity contribution in [2.75, 3.05) is 31.5 Å². The predicted octanol–water partition coefficient (Wildman–Crippen LogP) is 1.35. The van der Waals surface area contributed by atoms with E-state index in [2.05, 4.69) is 5.32 Å². The van der Waals surface area contributed by atoms with Crippen molar-refractivity contribution >= 4 is 23.4 Å². The molecule has 1 atom stereocenters. The molecule has 2 aliphatic heterocycles. The van der Waals surface area contributed by atoms with Crippen LogP contribution >= 0.6 is 0 Å². The normalized spacial score (nSPS) is 20.0. The van der Waals surface area contributed by atoms with Crippen LogP contribution in [0.1, 0.15) is 31.1 Å². The number of anilines is 1. The minimum Gasteiger partial charge on any atom is -0.479 e. The number of ether oxygens (including phenoxy) is 1. The first-order valence-electron chi connectivity index (χ1n) is 8.56. The fraction of sp³-hybridized carbons (Fsp3) is 0.500. The van der Waals surface area contributed by atoms with Crippen molar-refractivity contribution in [2.45, 2.75) is 26.9 Å². The van der Waals surface area contributed by atoms with E-state index < -0.39 is 6.10 Å². The second-order valence-electron chi connectivity index (χ2n) is 6.73. The van der Waals surface area contributed by atoms with E-state index in [-0.39, 0.29) is 23.6 Å². The third-order valence-corrected chi connectivity index (χ3v) is 4.53. The van der Waals surface area contributed by atoms with Crippen molar-refractivity contribution in [1.82, 2.24) is 9.80 Å². The minimum absolute atomic E-state index is 0.0334. The Morgan fingerprint density at radius 2 is 1.80 bits per heavy atom. The van der Waals surface area contributed by atoms with Crippen LogP contribution in [0, 0.1) is 5.92 Å². The Morgan fingerprint density at radius 3 is 2.44 bits per heavy atom. The Hall–Kier alpha value is -2.57. The number of carbonyl (C=O) groups is 3. The predicted molar refractivity (Wildman–Crippen MR) is 92.5 cm³/mol. The molecule has 1 unspecified atom stereocenters. The number of hydrogen-bond donors (Lipinski definition) is 1. The summed E-state index contributed by atoms with van der Waals surface area (Å²) in [5.74, 6) is 0.324. The van der Waals surface area contributed by atoms with E-state index in [1.54, 1.807) is 34.9 Å². The van der Waals surface area contributed by atoms with Gasteiger partial charge in [-0.3, -0.25) is 14.4 Å². The van der Waals surface area contributed by atoms with Gasteiger partial charge in [0.15, 0.2) is 6.10 Å². The van der Waals surface area contributed by atoms with Gasteiger partial charge in [0.05, 0.1) is 5.69 Å². The lowest BCUT2D eigenvalue weighted by molar-refractivity contribution is -0.135. The maximum Gasteiger partial charge on any atom is 0.265 e. The van der Waals surface area contributed by atoms with E-state index in [1.807, 2.05) is 13.8 Å². The van der Waals surface area contributed by atoms with Gasteiger partial charge in [0.25, 0.3) is 11.8 Å². The fourth-order valence-corrected chi connectivity index (χ4v) is 3.02. The monoisotopic (exact) mass is 345 g/mol. The molecule has 25 heavy (non-hydrogen) atoms. The number of nitrogens with one attached hydrogen (secondary N) is 1. The first-order valence-corrected chi connectivity index (χ1v) is 8.56. The zero-order valence-electron chi connectivity index (χ0n) is 14.7. The molecular weight excluding hydrogens is 322 g/mol. The van der Waals surface area contributed by atoms with E-state index >= 15 is 0 Å². The highest BCUT2D eigenvalue weighted by Crippen LogP contribution is 2.30. The molecule has 3 amide bonds. The summed E-state index contributed by atoms with van der Waals surface area (Å²) in [7, 11) is 0. The Balaban J connectivity index is 1.68. The number of nitrogens with zero attached hydrogens (tertiary/aromatic N) is 2. The molecule has 0 radical (unpaired) electrons. The van der Waals surface area contributed by atoms with Crippen molar-refractivity contribution in [3.05, 3.63) is 23.8 Å². The zero-order chi connectivity index (χ0) is 18.1. The summed E-state index contributed by atoms with van der Waals surface area (Å²) in [6.45, 7) is 7.54. The molecule has 1 aromatic rings. The highest BCUT2D eigenvalue weighted by atomic mass is 16.5. The number of carbonyl (C=O) groups excluding carboxylic acids is 3. The molecule has 134 valence electrons. The molecule has 1 aromatic carbocycles. The van der Waals surface area contributed by atoms with Crippen molar-refractivity contribution in [3.8, 4) is 5.75 Å². The van der Waals surface area contributed by atoms with E-state index in [1.165, 1.54) is 0 Å². The molecule has 1 fully saturated rings. The van der Waals surface area contributed by atoms with Crippen LogP contribution in [-0.2, 0) is 9.59 Å². The second kappa shape index (κ2) is 6.74. The molecule has 7 heteroatoms. The molecule has 2 heterocycles. The Bertz CT molecular complexity index is 708. The molecular formula is C18H23N3O4. The number of amides is 3. The summed E-state index contributed by atoms with van der Waals surface area (Å²) in [6.07, 6.45) is -0.541. The molecule has 0 spiro atoms. The summed E-state index contributed by atoms with van der Waals surface area (Å²) in [4.78, 5) is 40.0. The lowest BCUT2D eigenvalue weighted by atomic mass is 10.1. The van der Waals surface area contributed by atoms with Gasteiger partial charge in [-0.1, -0.05) is 13.8 Å². The molecule has 3 rings (SSSR count). The topological polar surface area (TPSA) is 79.0 Å². The summed E-state index contributed by atoms with van der Waals surface area (Å²) in [5.41, 5.74) is 1.02. The third kappa shape index (κ3) is 3.45. The number of benzene rings is 1. The van der Waals surface area contributed by atoms with Crippen LogP contribution in [0.3, 0.4) is 0 Å². The maximum absolute atomic E-state index is 12.7. The van der Waals surface area contributed by atoms with E-state index in [4.69, 9.17) is 4.74 Å². The fourth-order valence-electron chi connectivity index (χ4n) is 3.02. The smallest absolute Gasteiger partial charge is 0.265 e. The average molecular weight is 345 g/mol. The number of hydrogen-bond acceptors (Lipinski definition) is 4. The van der Waals surface area contributed by atoms with Gasteiger partial charge in [-0.2, -0.15) is 0 Å². The van der Waals surface area contributed by atoms with Gasteiger partial charge in [-0.25, -0.2) is 0 Å². The zero-order valence-corrected chi connectivity index (χ0v) is 14.7. The van der Waals surface area contributed by atoms with Crippen LogP contribution < -0.4 is 10.1 Å². The second-order valence-corrected chi connectivity index (χ2v) is 6.73. The lowest BCUT2D eigenvalue weighted by Gasteiger charge is -2.35.